The predicted octanol–water partition coefficient (Wildman–Crippen LogP) is 4.61. The van der Waals surface area contributed by atoms with Gasteiger partial charge in [-0.3, -0.25) is 4.40 Å². The van der Waals surface area contributed by atoms with Crippen LogP contribution in [0.3, 0.4) is 0 Å². The van der Waals surface area contributed by atoms with Crippen molar-refractivity contribution in [2.75, 3.05) is 0 Å². The molecule has 2 aromatic heterocycles. The van der Waals surface area contributed by atoms with Gasteiger partial charge in [0.2, 0.25) is 5.78 Å². The minimum Gasteiger partial charge on any atom is -0.327 e. The Labute approximate surface area is 129 Å². The number of benzene rings is 2. The van der Waals surface area contributed by atoms with Crippen LogP contribution in [0.25, 0.3) is 28.3 Å². The highest BCUT2D eigenvalue weighted by atomic mass is 15.1. The van der Waals surface area contributed by atoms with E-state index in [1.165, 1.54) is 11.3 Å². The number of rotatable bonds is 2. The van der Waals surface area contributed by atoms with Crippen LogP contribution in [0.15, 0.2) is 60.7 Å². The van der Waals surface area contributed by atoms with Crippen molar-refractivity contribution in [3.05, 3.63) is 72.1 Å². The summed E-state index contributed by atoms with van der Waals surface area (Å²) in [6.45, 7) is 4.22. The molecule has 0 fully saturated rings. The molecule has 3 heteroatoms. The SMILES string of the molecule is Cc1[nH]c2nc(-c3ccccc3)c(C)n2c1-c1ccccc1. The summed E-state index contributed by atoms with van der Waals surface area (Å²) >= 11 is 0. The third-order valence-electron chi connectivity index (χ3n) is 4.08. The van der Waals surface area contributed by atoms with E-state index in [9.17, 15) is 0 Å². The topological polar surface area (TPSA) is 33.1 Å². The van der Waals surface area contributed by atoms with Crippen LogP contribution in [-0.2, 0) is 0 Å². The summed E-state index contributed by atoms with van der Waals surface area (Å²) in [6.07, 6.45) is 0. The zero-order chi connectivity index (χ0) is 15.1. The lowest BCUT2D eigenvalue weighted by Crippen LogP contribution is -1.91. The van der Waals surface area contributed by atoms with Crippen molar-refractivity contribution < 1.29 is 0 Å². The highest BCUT2D eigenvalue weighted by Gasteiger charge is 2.17. The van der Waals surface area contributed by atoms with Gasteiger partial charge in [-0.15, -0.1) is 0 Å². The molecule has 0 aliphatic heterocycles. The fraction of sp³-hybridized carbons (Fsp3) is 0.105. The van der Waals surface area contributed by atoms with E-state index in [4.69, 9.17) is 4.98 Å². The van der Waals surface area contributed by atoms with E-state index in [2.05, 4.69) is 59.6 Å². The zero-order valence-electron chi connectivity index (χ0n) is 12.7. The number of H-pyrrole nitrogens is 1. The Hall–Kier alpha value is -2.81. The van der Waals surface area contributed by atoms with Gasteiger partial charge in [0.05, 0.1) is 11.4 Å². The molecule has 0 amide bonds. The third-order valence-corrected chi connectivity index (χ3v) is 4.08. The Bertz CT molecular complexity index is 931. The first kappa shape index (κ1) is 12.9. The summed E-state index contributed by atoms with van der Waals surface area (Å²) in [5, 5.41) is 0. The van der Waals surface area contributed by atoms with Gasteiger partial charge in [-0.05, 0) is 13.8 Å². The molecule has 1 N–H and O–H groups in total. The standard InChI is InChI=1S/C19H17N3/c1-13-18(16-11-7-4-8-12-16)22-14(2)17(21-19(22)20-13)15-9-5-3-6-10-15/h3-12H,1-2H3,(H,20,21). The lowest BCUT2D eigenvalue weighted by Gasteiger charge is -2.04. The third kappa shape index (κ3) is 1.86. The second-order valence-corrected chi connectivity index (χ2v) is 5.54. The molecule has 0 atom stereocenters. The van der Waals surface area contributed by atoms with Gasteiger partial charge >= 0.3 is 0 Å². The Morgan fingerprint density at radius 3 is 2.05 bits per heavy atom. The number of fused-ring (bicyclic) bond motifs is 1. The number of hydrogen-bond donors (Lipinski definition) is 1. The minimum atomic E-state index is 0.896. The van der Waals surface area contributed by atoms with E-state index in [1.54, 1.807) is 0 Å². The highest BCUT2D eigenvalue weighted by Crippen LogP contribution is 2.30. The van der Waals surface area contributed by atoms with Gasteiger partial charge in [0.1, 0.15) is 0 Å². The summed E-state index contributed by atoms with van der Waals surface area (Å²) in [4.78, 5) is 8.21. The van der Waals surface area contributed by atoms with Gasteiger partial charge in [0.15, 0.2) is 0 Å². The van der Waals surface area contributed by atoms with Gasteiger partial charge in [0, 0.05) is 22.5 Å². The molecule has 0 saturated carbocycles. The lowest BCUT2D eigenvalue weighted by molar-refractivity contribution is 1.13. The van der Waals surface area contributed by atoms with Crippen LogP contribution in [0.1, 0.15) is 11.4 Å². The molecule has 0 aliphatic carbocycles. The number of nitrogens with zero attached hydrogens (tertiary/aromatic N) is 2. The van der Waals surface area contributed by atoms with Gasteiger partial charge < -0.3 is 4.98 Å². The molecule has 4 rings (SSSR count). The average Bonchev–Trinajstić information content (AvgIpc) is 3.05. The maximum Gasteiger partial charge on any atom is 0.212 e. The lowest BCUT2D eigenvalue weighted by atomic mass is 10.1. The number of aromatic amines is 1. The maximum atomic E-state index is 4.80. The first-order valence-electron chi connectivity index (χ1n) is 7.44. The molecule has 108 valence electrons. The normalized spacial score (nSPS) is 11.2. The van der Waals surface area contributed by atoms with Gasteiger partial charge in [-0.1, -0.05) is 60.7 Å². The van der Waals surface area contributed by atoms with Crippen molar-refractivity contribution in [1.82, 2.24) is 14.4 Å². The second kappa shape index (κ2) is 4.88. The molecule has 0 unspecified atom stereocenters. The number of aromatic nitrogens is 3. The van der Waals surface area contributed by atoms with Gasteiger partial charge in [0.25, 0.3) is 0 Å². The van der Waals surface area contributed by atoms with Crippen molar-refractivity contribution >= 4 is 5.78 Å². The average molecular weight is 287 g/mol. The Morgan fingerprint density at radius 1 is 0.818 bits per heavy atom. The first-order valence-corrected chi connectivity index (χ1v) is 7.44. The van der Waals surface area contributed by atoms with Crippen LogP contribution in [0.4, 0.5) is 0 Å². The van der Waals surface area contributed by atoms with E-state index in [0.29, 0.717) is 0 Å². The second-order valence-electron chi connectivity index (χ2n) is 5.54. The summed E-state index contributed by atoms with van der Waals surface area (Å²) in [7, 11) is 0. The molecule has 2 aromatic carbocycles. The molecule has 0 saturated heterocycles. The predicted molar refractivity (Wildman–Crippen MR) is 89.9 cm³/mol. The monoisotopic (exact) mass is 287 g/mol. The highest BCUT2D eigenvalue weighted by molar-refractivity contribution is 5.72. The van der Waals surface area contributed by atoms with Crippen molar-refractivity contribution in [2.45, 2.75) is 13.8 Å². The van der Waals surface area contributed by atoms with Crippen molar-refractivity contribution in [3.63, 3.8) is 0 Å². The molecular weight excluding hydrogens is 270 g/mol. The smallest absolute Gasteiger partial charge is 0.212 e. The summed E-state index contributed by atoms with van der Waals surface area (Å²) in [6, 6.07) is 20.8. The van der Waals surface area contributed by atoms with E-state index in [0.717, 1.165) is 28.4 Å². The zero-order valence-corrected chi connectivity index (χ0v) is 12.7. The molecule has 2 heterocycles. The van der Waals surface area contributed by atoms with Crippen LogP contribution >= 0.6 is 0 Å². The largest absolute Gasteiger partial charge is 0.327 e. The van der Waals surface area contributed by atoms with Crippen molar-refractivity contribution in [1.29, 1.82) is 0 Å². The quantitative estimate of drug-likeness (QED) is 0.573. The van der Waals surface area contributed by atoms with E-state index in [-0.39, 0.29) is 0 Å². The van der Waals surface area contributed by atoms with E-state index < -0.39 is 0 Å². The van der Waals surface area contributed by atoms with Gasteiger partial charge in [-0.25, -0.2) is 4.98 Å². The molecule has 4 aromatic rings. The fourth-order valence-corrected chi connectivity index (χ4v) is 3.06. The van der Waals surface area contributed by atoms with Crippen LogP contribution in [0, 0.1) is 13.8 Å². The molecule has 0 spiro atoms. The van der Waals surface area contributed by atoms with Gasteiger partial charge in [-0.2, -0.15) is 0 Å². The Kier molecular flexibility index (Phi) is 2.86. The number of nitrogens with one attached hydrogen (secondary N) is 1. The Balaban J connectivity index is 2.00. The number of imidazole rings is 2. The van der Waals surface area contributed by atoms with Crippen LogP contribution < -0.4 is 0 Å². The summed E-state index contributed by atoms with van der Waals surface area (Å²) in [5.74, 6) is 0.896. The van der Waals surface area contributed by atoms with E-state index in [1.807, 2.05) is 24.3 Å². The minimum absolute atomic E-state index is 0.896. The summed E-state index contributed by atoms with van der Waals surface area (Å²) < 4.78 is 2.22. The van der Waals surface area contributed by atoms with Crippen LogP contribution in [0.2, 0.25) is 0 Å². The summed E-state index contributed by atoms with van der Waals surface area (Å²) in [5.41, 5.74) is 6.85. The molecule has 0 bridgehead atoms. The number of hydrogen-bond acceptors (Lipinski definition) is 1. The van der Waals surface area contributed by atoms with Crippen molar-refractivity contribution in [3.8, 4) is 22.5 Å². The van der Waals surface area contributed by atoms with E-state index >= 15 is 0 Å². The van der Waals surface area contributed by atoms with Crippen LogP contribution in [0.5, 0.6) is 0 Å². The Morgan fingerprint density at radius 2 is 1.41 bits per heavy atom. The fourth-order valence-electron chi connectivity index (χ4n) is 3.06. The van der Waals surface area contributed by atoms with Crippen LogP contribution in [-0.4, -0.2) is 14.4 Å². The molecular formula is C19H17N3. The molecule has 22 heavy (non-hydrogen) atoms. The molecule has 3 nitrogen and oxygen atoms in total. The molecule has 0 aliphatic rings. The number of aryl methyl sites for hydroxylation is 2. The maximum absolute atomic E-state index is 4.80. The molecule has 0 radical (unpaired) electrons. The van der Waals surface area contributed by atoms with Crippen molar-refractivity contribution in [2.24, 2.45) is 0 Å². The first-order chi connectivity index (χ1) is 10.8.